The van der Waals surface area contributed by atoms with Gasteiger partial charge >= 0.3 is 0 Å². The minimum Gasteiger partial charge on any atom is -0.464 e. The number of fused-ring (bicyclic) bond motifs is 1. The zero-order chi connectivity index (χ0) is 17.2. The van der Waals surface area contributed by atoms with Crippen molar-refractivity contribution in [1.29, 1.82) is 0 Å². The van der Waals surface area contributed by atoms with E-state index in [4.69, 9.17) is 8.94 Å². The summed E-state index contributed by atoms with van der Waals surface area (Å²) < 4.78 is 23.5. The van der Waals surface area contributed by atoms with Gasteiger partial charge < -0.3 is 14.3 Å². The Labute approximate surface area is 142 Å². The van der Waals surface area contributed by atoms with Crippen LogP contribution < -0.4 is 5.32 Å². The van der Waals surface area contributed by atoms with Gasteiger partial charge in [-0.25, -0.2) is 4.39 Å². The molecule has 25 heavy (non-hydrogen) atoms. The number of amides is 1. The highest BCUT2D eigenvalue weighted by molar-refractivity contribution is 5.99. The number of nitrogens with zero attached hydrogens (tertiary/aromatic N) is 1. The quantitative estimate of drug-likeness (QED) is 0.608. The van der Waals surface area contributed by atoms with Gasteiger partial charge in [-0.2, -0.15) is 0 Å². The van der Waals surface area contributed by atoms with Crippen LogP contribution in [0.2, 0.25) is 0 Å². The largest absolute Gasteiger partial charge is 0.464 e. The van der Waals surface area contributed by atoms with E-state index in [2.05, 4.69) is 10.5 Å². The SMILES string of the molecule is O=C(NCc1ccc2occc2c1)c1cnoc1-c1ccc(F)cc1. The third-order valence-corrected chi connectivity index (χ3v) is 3.89. The maximum Gasteiger partial charge on any atom is 0.257 e. The summed E-state index contributed by atoms with van der Waals surface area (Å²) in [6.07, 6.45) is 2.98. The minimum atomic E-state index is -0.357. The molecule has 0 aliphatic heterocycles. The van der Waals surface area contributed by atoms with Crippen LogP contribution in [0.3, 0.4) is 0 Å². The fraction of sp³-hybridized carbons (Fsp3) is 0.0526. The highest BCUT2D eigenvalue weighted by Crippen LogP contribution is 2.24. The predicted molar refractivity (Wildman–Crippen MR) is 89.3 cm³/mol. The topological polar surface area (TPSA) is 68.3 Å². The smallest absolute Gasteiger partial charge is 0.257 e. The number of carbonyl (C=O) groups excluding carboxylic acids is 1. The van der Waals surface area contributed by atoms with E-state index in [1.807, 2.05) is 24.3 Å². The van der Waals surface area contributed by atoms with E-state index in [1.165, 1.54) is 18.3 Å². The number of hydrogen-bond acceptors (Lipinski definition) is 4. The maximum atomic E-state index is 13.1. The van der Waals surface area contributed by atoms with Gasteiger partial charge in [0.05, 0.1) is 12.5 Å². The number of nitrogens with one attached hydrogen (secondary N) is 1. The lowest BCUT2D eigenvalue weighted by atomic mass is 10.1. The molecule has 124 valence electrons. The third-order valence-electron chi connectivity index (χ3n) is 3.89. The fourth-order valence-electron chi connectivity index (χ4n) is 2.61. The van der Waals surface area contributed by atoms with Crippen LogP contribution in [0, 0.1) is 5.82 Å². The van der Waals surface area contributed by atoms with Crippen molar-refractivity contribution in [3.63, 3.8) is 0 Å². The molecule has 0 saturated carbocycles. The first-order valence-electron chi connectivity index (χ1n) is 7.66. The van der Waals surface area contributed by atoms with Crippen molar-refractivity contribution in [2.45, 2.75) is 6.54 Å². The number of hydrogen-bond donors (Lipinski definition) is 1. The first kappa shape index (κ1) is 15.1. The summed E-state index contributed by atoms with van der Waals surface area (Å²) in [5, 5.41) is 7.50. The van der Waals surface area contributed by atoms with Gasteiger partial charge in [-0.15, -0.1) is 0 Å². The molecule has 0 fully saturated rings. The highest BCUT2D eigenvalue weighted by Gasteiger charge is 2.17. The second-order valence-corrected chi connectivity index (χ2v) is 5.55. The monoisotopic (exact) mass is 336 g/mol. The predicted octanol–water partition coefficient (Wildman–Crippen LogP) is 4.16. The van der Waals surface area contributed by atoms with E-state index in [0.717, 1.165) is 16.5 Å². The van der Waals surface area contributed by atoms with Crippen LogP contribution in [0.15, 0.2) is 69.9 Å². The average molecular weight is 336 g/mol. The molecule has 0 aliphatic rings. The Morgan fingerprint density at radius 2 is 1.96 bits per heavy atom. The molecule has 6 heteroatoms. The Bertz CT molecular complexity index is 1030. The zero-order valence-corrected chi connectivity index (χ0v) is 13.0. The normalized spacial score (nSPS) is 10.9. The van der Waals surface area contributed by atoms with Crippen LogP contribution >= 0.6 is 0 Å². The average Bonchev–Trinajstić information content (AvgIpc) is 3.29. The van der Waals surface area contributed by atoms with Gasteiger partial charge in [-0.1, -0.05) is 11.2 Å². The summed E-state index contributed by atoms with van der Waals surface area (Å²) in [6, 6.07) is 13.3. The Balaban J connectivity index is 1.51. The molecule has 1 N–H and O–H groups in total. The number of aromatic nitrogens is 1. The van der Waals surface area contributed by atoms with E-state index in [1.54, 1.807) is 18.4 Å². The van der Waals surface area contributed by atoms with Gasteiger partial charge in [0.2, 0.25) is 0 Å². The number of benzene rings is 2. The standard InChI is InChI=1S/C19H13FN2O3/c20-15-4-2-13(3-5-15)18-16(11-22-25-18)19(23)21-10-12-1-6-17-14(9-12)7-8-24-17/h1-9,11H,10H2,(H,21,23). The van der Waals surface area contributed by atoms with Crippen molar-refractivity contribution in [1.82, 2.24) is 10.5 Å². The lowest BCUT2D eigenvalue weighted by Gasteiger charge is -2.05. The lowest BCUT2D eigenvalue weighted by Crippen LogP contribution is -2.22. The Morgan fingerprint density at radius 1 is 1.12 bits per heavy atom. The van der Waals surface area contributed by atoms with Crippen molar-refractivity contribution in [3.8, 4) is 11.3 Å². The van der Waals surface area contributed by atoms with Gasteiger partial charge in [0.1, 0.15) is 17.0 Å². The lowest BCUT2D eigenvalue weighted by molar-refractivity contribution is 0.0951. The van der Waals surface area contributed by atoms with Crippen LogP contribution in [0.25, 0.3) is 22.3 Å². The van der Waals surface area contributed by atoms with Gasteiger partial charge in [0, 0.05) is 17.5 Å². The van der Waals surface area contributed by atoms with Crippen molar-refractivity contribution in [2.24, 2.45) is 0 Å². The molecule has 0 bridgehead atoms. The third kappa shape index (κ3) is 3.01. The molecule has 0 unspecified atom stereocenters. The van der Waals surface area contributed by atoms with Gasteiger partial charge in [-0.05, 0) is 48.0 Å². The number of halogens is 1. The molecule has 5 nitrogen and oxygen atoms in total. The van der Waals surface area contributed by atoms with Crippen LogP contribution in [0.1, 0.15) is 15.9 Å². The molecule has 0 radical (unpaired) electrons. The second-order valence-electron chi connectivity index (χ2n) is 5.55. The summed E-state index contributed by atoms with van der Waals surface area (Å²) in [6.45, 7) is 0.355. The molecule has 1 amide bonds. The molecule has 2 heterocycles. The van der Waals surface area contributed by atoms with E-state index in [-0.39, 0.29) is 11.7 Å². The molecule has 0 saturated heterocycles. The van der Waals surface area contributed by atoms with E-state index < -0.39 is 0 Å². The van der Waals surface area contributed by atoms with Crippen LogP contribution in [-0.2, 0) is 6.54 Å². The van der Waals surface area contributed by atoms with Crippen LogP contribution in [0.4, 0.5) is 4.39 Å². The Morgan fingerprint density at radius 3 is 2.80 bits per heavy atom. The molecule has 4 aromatic rings. The van der Waals surface area contributed by atoms with Crippen molar-refractivity contribution in [3.05, 3.63) is 77.9 Å². The van der Waals surface area contributed by atoms with Gasteiger partial charge in [0.25, 0.3) is 5.91 Å². The molecule has 4 rings (SSSR count). The minimum absolute atomic E-state index is 0.302. The number of rotatable bonds is 4. The van der Waals surface area contributed by atoms with Crippen molar-refractivity contribution in [2.75, 3.05) is 0 Å². The van der Waals surface area contributed by atoms with Crippen LogP contribution in [0.5, 0.6) is 0 Å². The summed E-state index contributed by atoms with van der Waals surface area (Å²) >= 11 is 0. The van der Waals surface area contributed by atoms with E-state index >= 15 is 0 Å². The van der Waals surface area contributed by atoms with Gasteiger partial charge in [0.15, 0.2) is 5.76 Å². The fourth-order valence-corrected chi connectivity index (χ4v) is 2.61. The Hall–Kier alpha value is -3.41. The zero-order valence-electron chi connectivity index (χ0n) is 13.0. The first-order valence-corrected chi connectivity index (χ1v) is 7.66. The maximum absolute atomic E-state index is 13.1. The Kier molecular flexibility index (Phi) is 3.78. The number of furan rings is 1. The molecular formula is C19H13FN2O3. The molecule has 0 spiro atoms. The van der Waals surface area contributed by atoms with Crippen LogP contribution in [-0.4, -0.2) is 11.1 Å². The first-order chi connectivity index (χ1) is 12.2. The second kappa shape index (κ2) is 6.24. The van der Waals surface area contributed by atoms with E-state index in [9.17, 15) is 9.18 Å². The summed E-state index contributed by atoms with van der Waals surface area (Å²) in [5.41, 5.74) is 2.63. The van der Waals surface area contributed by atoms with Crippen molar-refractivity contribution < 1.29 is 18.1 Å². The van der Waals surface area contributed by atoms with Crippen molar-refractivity contribution >= 4 is 16.9 Å². The van der Waals surface area contributed by atoms with E-state index in [0.29, 0.717) is 23.4 Å². The van der Waals surface area contributed by atoms with Gasteiger partial charge in [-0.3, -0.25) is 4.79 Å². The molecule has 0 atom stereocenters. The molecule has 0 aliphatic carbocycles. The number of carbonyl (C=O) groups is 1. The molecule has 2 aromatic heterocycles. The highest BCUT2D eigenvalue weighted by atomic mass is 19.1. The summed E-state index contributed by atoms with van der Waals surface area (Å²) in [7, 11) is 0. The molecule has 2 aromatic carbocycles. The molecular weight excluding hydrogens is 323 g/mol. The summed E-state index contributed by atoms with van der Waals surface area (Å²) in [4.78, 5) is 12.5. The summed E-state index contributed by atoms with van der Waals surface area (Å²) in [5.74, 6) is -0.362.